The Morgan fingerprint density at radius 2 is 1.81 bits per heavy atom. The first-order chi connectivity index (χ1) is 15.2. The highest BCUT2D eigenvalue weighted by molar-refractivity contribution is 5.62. The normalized spacial score (nSPS) is 11.5. The number of alkyl halides is 3. The molecule has 10 heteroatoms. The van der Waals surface area contributed by atoms with Gasteiger partial charge in [-0.2, -0.15) is 0 Å². The van der Waals surface area contributed by atoms with Crippen LogP contribution in [0.25, 0.3) is 16.9 Å². The second kappa shape index (κ2) is 8.22. The van der Waals surface area contributed by atoms with Crippen LogP contribution >= 0.6 is 0 Å². The highest BCUT2D eigenvalue weighted by Gasteiger charge is 2.31. The summed E-state index contributed by atoms with van der Waals surface area (Å²) in [4.78, 5) is 21.6. The lowest BCUT2D eigenvalue weighted by atomic mass is 10.1. The third kappa shape index (κ3) is 4.20. The summed E-state index contributed by atoms with van der Waals surface area (Å²) < 4.78 is 43.4. The van der Waals surface area contributed by atoms with E-state index in [0.29, 0.717) is 11.4 Å². The van der Waals surface area contributed by atoms with Gasteiger partial charge in [-0.05, 0) is 55.0 Å². The molecule has 1 N–H and O–H groups in total. The van der Waals surface area contributed by atoms with Crippen LogP contribution in [0.1, 0.15) is 11.3 Å². The summed E-state index contributed by atoms with van der Waals surface area (Å²) in [6, 6.07) is 11.9. The van der Waals surface area contributed by atoms with E-state index in [1.54, 1.807) is 37.6 Å². The lowest BCUT2D eigenvalue weighted by molar-refractivity contribution is -0.274. The molecule has 1 aromatic carbocycles. The van der Waals surface area contributed by atoms with E-state index in [2.05, 4.69) is 14.7 Å². The Balaban J connectivity index is 1.71. The van der Waals surface area contributed by atoms with Crippen LogP contribution in [0.2, 0.25) is 0 Å². The van der Waals surface area contributed by atoms with Crippen molar-refractivity contribution >= 4 is 0 Å². The van der Waals surface area contributed by atoms with Gasteiger partial charge in [0.15, 0.2) is 0 Å². The quantitative estimate of drug-likeness (QED) is 0.504. The largest absolute Gasteiger partial charge is 0.573 e. The van der Waals surface area contributed by atoms with Gasteiger partial charge in [0.1, 0.15) is 5.75 Å². The second-order valence-electron chi connectivity index (χ2n) is 6.90. The molecule has 4 aromatic rings. The van der Waals surface area contributed by atoms with Crippen LogP contribution in [-0.4, -0.2) is 30.6 Å². The van der Waals surface area contributed by atoms with E-state index in [1.807, 2.05) is 12.1 Å². The average Bonchev–Trinajstić information content (AvgIpc) is 2.97. The van der Waals surface area contributed by atoms with Crippen molar-refractivity contribution in [1.82, 2.24) is 19.1 Å². The third-order valence-corrected chi connectivity index (χ3v) is 4.87. The van der Waals surface area contributed by atoms with Crippen LogP contribution in [0.4, 0.5) is 13.2 Å². The molecule has 0 atom stereocenters. The van der Waals surface area contributed by atoms with E-state index >= 15 is 0 Å². The number of rotatable bonds is 5. The van der Waals surface area contributed by atoms with E-state index < -0.39 is 17.8 Å². The number of imidazole rings is 1. The standard InChI is InChI=1S/C22H17F3N4O3/c1-14-20(30)29(16-5-7-17(8-6-16)32-22(23,24)25)21(31)28(14)13-15-9-11-26-12-18(15)19-4-2-3-10-27-19/h2-12,30H,13H2,1H3. The summed E-state index contributed by atoms with van der Waals surface area (Å²) in [7, 11) is 0. The van der Waals surface area contributed by atoms with Crippen molar-refractivity contribution in [3.8, 4) is 28.6 Å². The highest BCUT2D eigenvalue weighted by Crippen LogP contribution is 2.27. The minimum Gasteiger partial charge on any atom is -0.493 e. The molecule has 0 unspecified atom stereocenters. The molecule has 3 aromatic heterocycles. The maximum absolute atomic E-state index is 13.1. The van der Waals surface area contributed by atoms with Crippen molar-refractivity contribution in [3.63, 3.8) is 0 Å². The van der Waals surface area contributed by atoms with Gasteiger partial charge < -0.3 is 9.84 Å². The average molecular weight is 442 g/mol. The summed E-state index contributed by atoms with van der Waals surface area (Å²) in [5.74, 6) is -0.741. The number of halogens is 3. The Morgan fingerprint density at radius 3 is 2.47 bits per heavy atom. The van der Waals surface area contributed by atoms with Crippen LogP contribution in [-0.2, 0) is 6.54 Å². The van der Waals surface area contributed by atoms with E-state index in [0.717, 1.165) is 27.8 Å². The van der Waals surface area contributed by atoms with Gasteiger partial charge in [0.2, 0.25) is 5.88 Å². The first kappa shape index (κ1) is 21.2. The minimum absolute atomic E-state index is 0.134. The zero-order chi connectivity index (χ0) is 22.9. The van der Waals surface area contributed by atoms with Crippen LogP contribution in [0, 0.1) is 6.92 Å². The minimum atomic E-state index is -4.82. The first-order valence-corrected chi connectivity index (χ1v) is 9.46. The topological polar surface area (TPSA) is 82.2 Å². The molecular formula is C22H17F3N4O3. The number of aromatic hydroxyl groups is 1. The maximum Gasteiger partial charge on any atom is 0.573 e. The Labute approximate surface area is 180 Å². The zero-order valence-corrected chi connectivity index (χ0v) is 16.7. The number of ether oxygens (including phenoxy) is 1. The van der Waals surface area contributed by atoms with Crippen LogP contribution < -0.4 is 10.4 Å². The fourth-order valence-electron chi connectivity index (χ4n) is 3.34. The molecule has 0 aliphatic heterocycles. The second-order valence-corrected chi connectivity index (χ2v) is 6.90. The molecule has 0 aliphatic rings. The van der Waals surface area contributed by atoms with Crippen molar-refractivity contribution in [1.29, 1.82) is 0 Å². The summed E-state index contributed by atoms with van der Waals surface area (Å²) in [6.07, 6.45) is 0.0703. The molecule has 0 amide bonds. The van der Waals surface area contributed by atoms with Gasteiger partial charge in [-0.1, -0.05) is 6.07 Å². The van der Waals surface area contributed by atoms with Crippen molar-refractivity contribution < 1.29 is 23.0 Å². The lowest BCUT2D eigenvalue weighted by Gasteiger charge is -2.10. The Morgan fingerprint density at radius 1 is 1.06 bits per heavy atom. The van der Waals surface area contributed by atoms with Crippen molar-refractivity contribution in [2.75, 3.05) is 0 Å². The number of aromatic nitrogens is 4. The molecule has 0 aliphatic carbocycles. The number of hydrogen-bond donors (Lipinski definition) is 1. The molecule has 164 valence electrons. The third-order valence-electron chi connectivity index (χ3n) is 4.87. The maximum atomic E-state index is 13.1. The van der Waals surface area contributed by atoms with Crippen molar-refractivity contribution in [2.24, 2.45) is 0 Å². The van der Waals surface area contributed by atoms with E-state index in [1.165, 1.54) is 16.7 Å². The van der Waals surface area contributed by atoms with Crippen LogP contribution in [0.15, 0.2) is 71.9 Å². The molecule has 0 saturated carbocycles. The number of pyridine rings is 2. The summed E-state index contributed by atoms with van der Waals surface area (Å²) in [5, 5.41) is 10.6. The van der Waals surface area contributed by atoms with Gasteiger partial charge in [-0.3, -0.25) is 14.5 Å². The van der Waals surface area contributed by atoms with Crippen LogP contribution in [0.3, 0.4) is 0 Å². The number of hydrogen-bond acceptors (Lipinski definition) is 5. The summed E-state index contributed by atoms with van der Waals surface area (Å²) in [5.41, 5.74) is 2.13. The molecule has 32 heavy (non-hydrogen) atoms. The molecule has 0 bridgehead atoms. The Hall–Kier alpha value is -4.08. The van der Waals surface area contributed by atoms with Crippen LogP contribution in [0.5, 0.6) is 11.6 Å². The van der Waals surface area contributed by atoms with Gasteiger partial charge in [-0.15, -0.1) is 13.2 Å². The predicted octanol–water partition coefficient (Wildman–Crippen LogP) is 4.06. The monoisotopic (exact) mass is 442 g/mol. The molecule has 0 saturated heterocycles. The number of benzene rings is 1. The SMILES string of the molecule is Cc1c(O)n(-c2ccc(OC(F)(F)F)cc2)c(=O)n1Cc1ccncc1-c1ccccn1. The Bertz CT molecular complexity index is 1300. The molecule has 3 heterocycles. The van der Waals surface area contributed by atoms with E-state index in [4.69, 9.17) is 0 Å². The van der Waals surface area contributed by atoms with Gasteiger partial charge in [0.25, 0.3) is 0 Å². The zero-order valence-electron chi connectivity index (χ0n) is 16.7. The predicted molar refractivity (Wildman–Crippen MR) is 110 cm³/mol. The van der Waals surface area contributed by atoms with Gasteiger partial charge in [-0.25, -0.2) is 9.36 Å². The lowest BCUT2D eigenvalue weighted by Crippen LogP contribution is -2.24. The van der Waals surface area contributed by atoms with Crippen molar-refractivity contribution in [3.05, 3.63) is 88.9 Å². The Kier molecular flexibility index (Phi) is 5.43. The molecule has 0 spiro atoms. The van der Waals surface area contributed by atoms with E-state index in [-0.39, 0.29) is 18.1 Å². The smallest absolute Gasteiger partial charge is 0.493 e. The molecular weight excluding hydrogens is 425 g/mol. The molecule has 7 nitrogen and oxygen atoms in total. The van der Waals surface area contributed by atoms with E-state index in [9.17, 15) is 23.1 Å². The fourth-order valence-corrected chi connectivity index (χ4v) is 3.34. The summed E-state index contributed by atoms with van der Waals surface area (Å²) in [6.45, 7) is 1.71. The first-order valence-electron chi connectivity index (χ1n) is 9.46. The van der Waals surface area contributed by atoms with Crippen molar-refractivity contribution in [2.45, 2.75) is 19.8 Å². The van der Waals surface area contributed by atoms with Gasteiger partial charge >= 0.3 is 12.1 Å². The van der Waals surface area contributed by atoms with Gasteiger partial charge in [0.05, 0.1) is 23.6 Å². The highest BCUT2D eigenvalue weighted by atomic mass is 19.4. The molecule has 4 rings (SSSR count). The molecule has 0 radical (unpaired) electrons. The fraction of sp³-hybridized carbons (Fsp3) is 0.136. The number of nitrogens with zero attached hydrogens (tertiary/aromatic N) is 4. The van der Waals surface area contributed by atoms with Gasteiger partial charge in [0, 0.05) is 24.2 Å². The molecule has 0 fully saturated rings. The summed E-state index contributed by atoms with van der Waals surface area (Å²) >= 11 is 0.